The van der Waals surface area contributed by atoms with Crippen LogP contribution in [0.1, 0.15) is 74.3 Å². The van der Waals surface area contributed by atoms with Crippen molar-refractivity contribution in [2.45, 2.75) is 44.3 Å². The maximum Gasteiger partial charge on any atom is 0.273 e. The third kappa shape index (κ3) is 8.54. The lowest BCUT2D eigenvalue weighted by Gasteiger charge is -2.30. The molecule has 1 atom stereocenters. The van der Waals surface area contributed by atoms with Crippen LogP contribution in [-0.2, 0) is 12.5 Å². The summed E-state index contributed by atoms with van der Waals surface area (Å²) in [5.74, 6) is -2.99. The molecule has 1 unspecified atom stereocenters. The fourth-order valence-corrected chi connectivity index (χ4v) is 7.26. The smallest absolute Gasteiger partial charge is 0.273 e. The van der Waals surface area contributed by atoms with Crippen molar-refractivity contribution in [1.82, 2.24) is 14.8 Å². The van der Waals surface area contributed by atoms with Crippen LogP contribution in [-0.4, -0.2) is 57.8 Å². The molecule has 1 saturated heterocycles. The van der Waals surface area contributed by atoms with Crippen LogP contribution in [0, 0.1) is 0 Å². The number of benzene rings is 4. The molecule has 49 heavy (non-hydrogen) atoms. The molecule has 1 N–H and O–H groups in total. The number of aliphatic hydroxyl groups is 1. The minimum absolute atomic E-state index is 0.0164. The number of carbonyl (C=O) groups is 2. The van der Waals surface area contributed by atoms with Crippen molar-refractivity contribution in [3.8, 4) is 11.1 Å². The molecule has 0 bridgehead atoms. The number of ketones is 1. The second-order valence-corrected chi connectivity index (χ2v) is 13.5. The third-order valence-electron chi connectivity index (χ3n) is 9.06. The fourth-order valence-electron chi connectivity index (χ4n) is 6.29. The number of alkyl halides is 2. The number of piperidine rings is 1. The molecule has 5 aromatic rings. The van der Waals surface area contributed by atoms with E-state index in [0.717, 1.165) is 47.0 Å². The monoisotopic (exact) mass is 679 g/mol. The molecular formula is C40H39F2N3O3S. The maximum atomic E-state index is 13.8. The van der Waals surface area contributed by atoms with E-state index in [1.165, 1.54) is 23.5 Å². The molecule has 252 valence electrons. The second kappa shape index (κ2) is 15.3. The first-order chi connectivity index (χ1) is 23.7. The van der Waals surface area contributed by atoms with E-state index in [0.29, 0.717) is 30.9 Å². The van der Waals surface area contributed by atoms with E-state index in [9.17, 15) is 23.5 Å². The average Bonchev–Trinajstić information content (AvgIpc) is 3.62. The molecule has 4 aromatic carbocycles. The Kier molecular flexibility index (Phi) is 10.7. The van der Waals surface area contributed by atoms with Gasteiger partial charge < -0.3 is 10.0 Å². The summed E-state index contributed by atoms with van der Waals surface area (Å²) < 4.78 is 27.5. The molecule has 1 fully saturated rings. The van der Waals surface area contributed by atoms with E-state index in [-0.39, 0.29) is 36.3 Å². The van der Waals surface area contributed by atoms with Crippen molar-refractivity contribution in [2.24, 2.45) is 0 Å². The number of halogens is 2. The van der Waals surface area contributed by atoms with Crippen LogP contribution in [0.4, 0.5) is 8.78 Å². The van der Waals surface area contributed by atoms with Crippen LogP contribution in [0.15, 0.2) is 115 Å². The van der Waals surface area contributed by atoms with Crippen LogP contribution in [0.5, 0.6) is 0 Å². The number of carbonyl (C=O) groups excluding carboxylic acids is 2. The number of amides is 1. The van der Waals surface area contributed by atoms with Gasteiger partial charge in [0, 0.05) is 35.9 Å². The summed E-state index contributed by atoms with van der Waals surface area (Å²) in [6.07, 6.45) is 0.785. The molecular weight excluding hydrogens is 641 g/mol. The summed E-state index contributed by atoms with van der Waals surface area (Å²) in [6, 6.07) is 32.5. The number of hydrogen-bond acceptors (Lipinski definition) is 6. The molecule has 6 nitrogen and oxygen atoms in total. The first-order valence-corrected chi connectivity index (χ1v) is 17.4. The lowest BCUT2D eigenvalue weighted by atomic mass is 9.94. The number of hydrogen-bond donors (Lipinski definition) is 1. The zero-order valence-corrected chi connectivity index (χ0v) is 28.2. The number of aromatic nitrogens is 1. The van der Waals surface area contributed by atoms with Gasteiger partial charge in [-0.15, -0.1) is 11.3 Å². The van der Waals surface area contributed by atoms with Crippen molar-refractivity contribution in [1.29, 1.82) is 0 Å². The van der Waals surface area contributed by atoms with Gasteiger partial charge in [-0.25, -0.2) is 13.8 Å². The van der Waals surface area contributed by atoms with Crippen LogP contribution >= 0.6 is 11.3 Å². The zero-order valence-electron chi connectivity index (χ0n) is 27.3. The predicted octanol–water partition coefficient (Wildman–Crippen LogP) is 8.36. The minimum atomic E-state index is -2.93. The highest BCUT2D eigenvalue weighted by molar-refractivity contribution is 7.09. The molecule has 1 aromatic heterocycles. The van der Waals surface area contributed by atoms with Gasteiger partial charge in [-0.2, -0.15) is 0 Å². The summed E-state index contributed by atoms with van der Waals surface area (Å²) >= 11 is 1.48. The van der Waals surface area contributed by atoms with E-state index in [4.69, 9.17) is 4.98 Å². The van der Waals surface area contributed by atoms with Gasteiger partial charge in [-0.05, 0) is 48.2 Å². The van der Waals surface area contributed by atoms with Crippen LogP contribution < -0.4 is 0 Å². The van der Waals surface area contributed by atoms with Crippen LogP contribution in [0.25, 0.3) is 11.1 Å². The molecule has 0 saturated carbocycles. The summed E-state index contributed by atoms with van der Waals surface area (Å²) in [4.78, 5) is 35.9. The van der Waals surface area contributed by atoms with E-state index >= 15 is 0 Å². The average molecular weight is 680 g/mol. The van der Waals surface area contributed by atoms with E-state index in [2.05, 4.69) is 4.90 Å². The van der Waals surface area contributed by atoms with Crippen molar-refractivity contribution >= 4 is 23.0 Å². The van der Waals surface area contributed by atoms with Crippen molar-refractivity contribution in [2.75, 3.05) is 26.2 Å². The maximum absolute atomic E-state index is 13.8. The highest BCUT2D eigenvalue weighted by Crippen LogP contribution is 2.33. The fraction of sp³-hybridized carbons (Fsp3) is 0.275. The SMILES string of the molecule is CC(F)(F)c1ccc(-c2ccccc2C(=O)CN2CCC(c3nc(C(=O)N(Cc4ccccc4)CC(O)c4ccccc4)cs3)CC2)cc1. The van der Waals surface area contributed by atoms with Gasteiger partial charge >= 0.3 is 0 Å². The summed E-state index contributed by atoms with van der Waals surface area (Å²) in [5.41, 5.74) is 4.05. The Morgan fingerprint density at radius 1 is 0.918 bits per heavy atom. The third-order valence-corrected chi connectivity index (χ3v) is 10.1. The summed E-state index contributed by atoms with van der Waals surface area (Å²) in [5, 5.41) is 13.7. The molecule has 1 aliphatic heterocycles. The molecule has 1 aliphatic rings. The Labute approximate surface area is 289 Å². The first kappa shape index (κ1) is 34.3. The molecule has 2 heterocycles. The Morgan fingerprint density at radius 2 is 1.55 bits per heavy atom. The lowest BCUT2D eigenvalue weighted by molar-refractivity contribution is 0.0175. The zero-order chi connectivity index (χ0) is 34.4. The number of thiazole rings is 1. The molecule has 1 amide bonds. The number of nitrogens with zero attached hydrogens (tertiary/aromatic N) is 3. The van der Waals surface area contributed by atoms with E-state index in [1.807, 2.05) is 84.2 Å². The van der Waals surface area contributed by atoms with Crippen LogP contribution in [0.3, 0.4) is 0 Å². The van der Waals surface area contributed by atoms with Gasteiger partial charge in [-0.1, -0.05) is 109 Å². The largest absolute Gasteiger partial charge is 0.387 e. The number of likely N-dealkylation sites (tertiary alicyclic amines) is 1. The molecule has 0 aliphatic carbocycles. The van der Waals surface area contributed by atoms with Crippen molar-refractivity contribution in [3.05, 3.63) is 148 Å². The number of aliphatic hydroxyl groups excluding tert-OH is 1. The summed E-state index contributed by atoms with van der Waals surface area (Å²) in [7, 11) is 0. The molecule has 0 radical (unpaired) electrons. The number of Topliss-reactive ketones (excluding diaryl/α,β-unsaturated/α-hetero) is 1. The normalized spacial score (nSPS) is 14.8. The van der Waals surface area contributed by atoms with Crippen molar-refractivity contribution < 1.29 is 23.5 Å². The highest BCUT2D eigenvalue weighted by atomic mass is 32.1. The molecule has 0 spiro atoms. The van der Waals surface area contributed by atoms with Gasteiger partial charge in [0.25, 0.3) is 11.8 Å². The van der Waals surface area contributed by atoms with Gasteiger partial charge in [0.15, 0.2) is 5.78 Å². The lowest BCUT2D eigenvalue weighted by Crippen LogP contribution is -2.37. The molecule has 9 heteroatoms. The summed E-state index contributed by atoms with van der Waals surface area (Å²) in [6.45, 7) is 3.05. The second-order valence-electron chi connectivity index (χ2n) is 12.7. The minimum Gasteiger partial charge on any atom is -0.387 e. The molecule has 6 rings (SSSR count). The Balaban J connectivity index is 1.08. The predicted molar refractivity (Wildman–Crippen MR) is 189 cm³/mol. The van der Waals surface area contributed by atoms with E-state index in [1.54, 1.807) is 23.1 Å². The number of rotatable bonds is 12. The Bertz CT molecular complexity index is 1850. The topological polar surface area (TPSA) is 73.7 Å². The van der Waals surface area contributed by atoms with Gasteiger partial charge in [0.05, 0.1) is 24.2 Å². The quantitative estimate of drug-likeness (QED) is 0.134. The van der Waals surface area contributed by atoms with Gasteiger partial charge in [-0.3, -0.25) is 14.5 Å². The van der Waals surface area contributed by atoms with Crippen LogP contribution in [0.2, 0.25) is 0 Å². The Morgan fingerprint density at radius 3 is 2.22 bits per heavy atom. The van der Waals surface area contributed by atoms with Crippen molar-refractivity contribution in [3.63, 3.8) is 0 Å². The van der Waals surface area contributed by atoms with Gasteiger partial charge in [0.1, 0.15) is 5.69 Å². The van der Waals surface area contributed by atoms with Gasteiger partial charge in [0.2, 0.25) is 0 Å². The standard InChI is InChI=1S/C40H39F2N3O3S/c1-40(41,42)32-18-16-29(17-19-32)33-14-8-9-15-34(33)37(47)25-44-22-20-31(21-23-44)38-43-35(27-49-38)39(48)45(24-28-10-4-2-5-11-28)26-36(46)30-12-6-3-7-13-30/h2-19,27,31,36,46H,20-26H2,1H3. The first-order valence-electron chi connectivity index (χ1n) is 16.5. The van der Waals surface area contributed by atoms with E-state index < -0.39 is 12.0 Å². The Hall–Kier alpha value is -4.57. The highest BCUT2D eigenvalue weighted by Gasteiger charge is 2.28.